The van der Waals surface area contributed by atoms with Crippen molar-refractivity contribution in [2.75, 3.05) is 18.5 Å². The molecule has 0 aliphatic carbocycles. The summed E-state index contributed by atoms with van der Waals surface area (Å²) in [7, 11) is 0. The molecule has 0 fully saturated rings. The van der Waals surface area contributed by atoms with Gasteiger partial charge < -0.3 is 15.4 Å². The lowest BCUT2D eigenvalue weighted by molar-refractivity contribution is -0.136. The van der Waals surface area contributed by atoms with Gasteiger partial charge in [0.1, 0.15) is 5.75 Å². The molecule has 2 rings (SSSR count). The van der Waals surface area contributed by atoms with Crippen LogP contribution in [-0.2, 0) is 16.0 Å². The van der Waals surface area contributed by atoms with Crippen LogP contribution < -0.4 is 15.4 Å². The fourth-order valence-electron chi connectivity index (χ4n) is 2.11. The zero-order chi connectivity index (χ0) is 18.2. The van der Waals surface area contributed by atoms with Crippen molar-refractivity contribution in [2.24, 2.45) is 0 Å². The predicted octanol–water partition coefficient (Wildman–Crippen LogP) is 2.65. The monoisotopic (exact) mass is 360 g/mol. The van der Waals surface area contributed by atoms with Gasteiger partial charge in [-0.15, -0.1) is 11.3 Å². The number of ketones is 1. The normalized spacial score (nSPS) is 10.2. The molecule has 0 saturated carbocycles. The number of hydrogen-bond donors (Lipinski definition) is 2. The molecule has 132 valence electrons. The van der Waals surface area contributed by atoms with Gasteiger partial charge in [0.15, 0.2) is 5.78 Å². The average Bonchev–Trinajstić information content (AvgIpc) is 3.06. The Bertz CT molecular complexity index is 770. The predicted molar refractivity (Wildman–Crippen MR) is 97.3 cm³/mol. The van der Waals surface area contributed by atoms with E-state index >= 15 is 0 Å². The minimum absolute atomic E-state index is 0.0210. The zero-order valence-corrected chi connectivity index (χ0v) is 14.9. The van der Waals surface area contributed by atoms with Gasteiger partial charge >= 0.3 is 11.8 Å². The van der Waals surface area contributed by atoms with E-state index in [1.54, 1.807) is 30.3 Å². The number of carbonyl (C=O) groups is 3. The van der Waals surface area contributed by atoms with Crippen LogP contribution in [0.1, 0.15) is 28.4 Å². The summed E-state index contributed by atoms with van der Waals surface area (Å²) in [5, 5.41) is 5.12. The van der Waals surface area contributed by atoms with E-state index in [1.807, 2.05) is 13.0 Å². The van der Waals surface area contributed by atoms with Crippen LogP contribution in [0.5, 0.6) is 5.75 Å². The van der Waals surface area contributed by atoms with E-state index in [9.17, 15) is 14.4 Å². The molecule has 0 aliphatic heterocycles. The highest BCUT2D eigenvalue weighted by Crippen LogP contribution is 2.23. The summed E-state index contributed by atoms with van der Waals surface area (Å²) in [6, 6.07) is 10.6. The number of para-hydroxylation sites is 2. The van der Waals surface area contributed by atoms with Gasteiger partial charge in [-0.3, -0.25) is 14.4 Å². The van der Waals surface area contributed by atoms with Crippen molar-refractivity contribution in [3.05, 3.63) is 46.2 Å². The molecule has 2 amide bonds. The van der Waals surface area contributed by atoms with Gasteiger partial charge in [-0.2, -0.15) is 0 Å². The second kappa shape index (κ2) is 8.98. The minimum Gasteiger partial charge on any atom is -0.492 e. The molecule has 1 aromatic heterocycles. The standard InChI is InChI=1S/C18H20N2O4S/c1-3-24-15-7-5-4-6-14(15)20-18(23)17(22)19-11-10-13-8-9-16(25-13)12(2)21/h4-9H,3,10-11H2,1-2H3,(H,19,22)(H,20,23). The highest BCUT2D eigenvalue weighted by Gasteiger charge is 2.15. The Hall–Kier alpha value is -2.67. The van der Waals surface area contributed by atoms with E-state index in [2.05, 4.69) is 10.6 Å². The number of nitrogens with one attached hydrogen (secondary N) is 2. The van der Waals surface area contributed by atoms with Crippen molar-refractivity contribution in [2.45, 2.75) is 20.3 Å². The Kier molecular flexibility index (Phi) is 6.71. The first kappa shape index (κ1) is 18.7. The van der Waals surface area contributed by atoms with Crippen molar-refractivity contribution < 1.29 is 19.1 Å². The molecule has 25 heavy (non-hydrogen) atoms. The van der Waals surface area contributed by atoms with Crippen molar-refractivity contribution in [1.29, 1.82) is 0 Å². The number of amides is 2. The Morgan fingerprint density at radius 2 is 1.84 bits per heavy atom. The number of anilines is 1. The maximum absolute atomic E-state index is 12.0. The largest absolute Gasteiger partial charge is 0.492 e. The second-order valence-electron chi connectivity index (χ2n) is 5.21. The van der Waals surface area contributed by atoms with Crippen molar-refractivity contribution >= 4 is 34.6 Å². The molecule has 0 saturated heterocycles. The number of thiophene rings is 1. The molecule has 7 heteroatoms. The number of carbonyl (C=O) groups excluding carboxylic acids is 3. The van der Waals surface area contributed by atoms with E-state index in [-0.39, 0.29) is 5.78 Å². The molecular weight excluding hydrogens is 340 g/mol. The van der Waals surface area contributed by atoms with Crippen LogP contribution in [0.15, 0.2) is 36.4 Å². The number of ether oxygens (including phenoxy) is 1. The van der Waals surface area contributed by atoms with Crippen LogP contribution in [-0.4, -0.2) is 30.7 Å². The smallest absolute Gasteiger partial charge is 0.313 e. The number of Topliss-reactive ketones (excluding diaryl/α,β-unsaturated/α-hetero) is 1. The third-order valence-electron chi connectivity index (χ3n) is 3.31. The van der Waals surface area contributed by atoms with E-state index in [0.717, 1.165) is 4.88 Å². The molecule has 1 heterocycles. The van der Waals surface area contributed by atoms with E-state index in [4.69, 9.17) is 4.74 Å². The zero-order valence-electron chi connectivity index (χ0n) is 14.1. The second-order valence-corrected chi connectivity index (χ2v) is 6.38. The first-order chi connectivity index (χ1) is 12.0. The Morgan fingerprint density at radius 3 is 2.52 bits per heavy atom. The number of benzene rings is 1. The van der Waals surface area contributed by atoms with Crippen LogP contribution in [0.3, 0.4) is 0 Å². The van der Waals surface area contributed by atoms with Gasteiger partial charge in [0.2, 0.25) is 0 Å². The molecule has 0 aliphatic rings. The lowest BCUT2D eigenvalue weighted by atomic mass is 10.3. The molecule has 0 radical (unpaired) electrons. The maximum Gasteiger partial charge on any atom is 0.313 e. The lowest BCUT2D eigenvalue weighted by Crippen LogP contribution is -2.36. The lowest BCUT2D eigenvalue weighted by Gasteiger charge is -2.11. The van der Waals surface area contributed by atoms with Gasteiger partial charge in [0.25, 0.3) is 0 Å². The van der Waals surface area contributed by atoms with Crippen LogP contribution in [0.4, 0.5) is 5.69 Å². The van der Waals surface area contributed by atoms with Crippen LogP contribution >= 0.6 is 11.3 Å². The Morgan fingerprint density at radius 1 is 1.08 bits per heavy atom. The van der Waals surface area contributed by atoms with Crippen LogP contribution in [0.25, 0.3) is 0 Å². The molecule has 0 unspecified atom stereocenters. The summed E-state index contributed by atoms with van der Waals surface area (Å²) in [4.78, 5) is 36.8. The summed E-state index contributed by atoms with van der Waals surface area (Å²) < 4.78 is 5.41. The van der Waals surface area contributed by atoms with Crippen LogP contribution in [0, 0.1) is 0 Å². The first-order valence-electron chi connectivity index (χ1n) is 7.92. The highest BCUT2D eigenvalue weighted by molar-refractivity contribution is 7.14. The quantitative estimate of drug-likeness (QED) is 0.587. The summed E-state index contributed by atoms with van der Waals surface area (Å²) in [5.41, 5.74) is 0.453. The SMILES string of the molecule is CCOc1ccccc1NC(=O)C(=O)NCCc1ccc(C(C)=O)s1. The third kappa shape index (κ3) is 5.42. The maximum atomic E-state index is 12.0. The Balaban J connectivity index is 1.84. The fourth-order valence-corrected chi connectivity index (χ4v) is 3.01. The van der Waals surface area contributed by atoms with E-state index < -0.39 is 11.8 Å². The van der Waals surface area contributed by atoms with Gasteiger partial charge in [-0.25, -0.2) is 0 Å². The van der Waals surface area contributed by atoms with Gasteiger partial charge in [-0.1, -0.05) is 12.1 Å². The first-order valence-corrected chi connectivity index (χ1v) is 8.73. The van der Waals surface area contributed by atoms with Gasteiger partial charge in [0, 0.05) is 11.4 Å². The fraction of sp³-hybridized carbons (Fsp3) is 0.278. The topological polar surface area (TPSA) is 84.5 Å². The average molecular weight is 360 g/mol. The molecule has 1 aromatic carbocycles. The summed E-state index contributed by atoms with van der Waals surface area (Å²) in [6.45, 7) is 4.13. The molecule has 2 aromatic rings. The summed E-state index contributed by atoms with van der Waals surface area (Å²) >= 11 is 1.39. The summed E-state index contributed by atoms with van der Waals surface area (Å²) in [5.74, 6) is -0.925. The molecular formula is C18H20N2O4S. The minimum atomic E-state index is -0.747. The molecule has 0 bridgehead atoms. The highest BCUT2D eigenvalue weighted by atomic mass is 32.1. The van der Waals surface area contributed by atoms with Gasteiger partial charge in [0.05, 0.1) is 17.2 Å². The van der Waals surface area contributed by atoms with E-state index in [0.29, 0.717) is 35.9 Å². The van der Waals surface area contributed by atoms with Crippen molar-refractivity contribution in [3.8, 4) is 5.75 Å². The summed E-state index contributed by atoms with van der Waals surface area (Å²) in [6.07, 6.45) is 0.562. The van der Waals surface area contributed by atoms with Crippen LogP contribution in [0.2, 0.25) is 0 Å². The third-order valence-corrected chi connectivity index (χ3v) is 4.55. The molecule has 6 nitrogen and oxygen atoms in total. The number of rotatable bonds is 7. The molecule has 2 N–H and O–H groups in total. The van der Waals surface area contributed by atoms with Crippen molar-refractivity contribution in [1.82, 2.24) is 5.32 Å². The van der Waals surface area contributed by atoms with E-state index in [1.165, 1.54) is 18.3 Å². The number of hydrogen-bond acceptors (Lipinski definition) is 5. The molecule has 0 atom stereocenters. The van der Waals surface area contributed by atoms with Crippen molar-refractivity contribution in [3.63, 3.8) is 0 Å². The Labute approximate surface area is 150 Å². The molecule has 0 spiro atoms. The van der Waals surface area contributed by atoms with Gasteiger partial charge in [-0.05, 0) is 44.5 Å².